The van der Waals surface area contributed by atoms with E-state index in [2.05, 4.69) is 5.32 Å². The van der Waals surface area contributed by atoms with E-state index in [1.54, 1.807) is 43.0 Å². The summed E-state index contributed by atoms with van der Waals surface area (Å²) in [5.74, 6) is 0.444. The van der Waals surface area contributed by atoms with Gasteiger partial charge in [0.2, 0.25) is 5.91 Å². The highest BCUT2D eigenvalue weighted by Gasteiger charge is 2.06. The van der Waals surface area contributed by atoms with E-state index in [9.17, 15) is 9.59 Å². The minimum Gasteiger partial charge on any atom is -0.482 e. The lowest BCUT2D eigenvalue weighted by molar-refractivity contribution is -0.145. The molecule has 1 aromatic carbocycles. The molecule has 0 atom stereocenters. The quantitative estimate of drug-likeness (QED) is 0.748. The number of carbonyl (C=O) groups is 2. The molecule has 1 amide bonds. The lowest BCUT2D eigenvalue weighted by atomic mass is 10.3. The third-order valence-corrected chi connectivity index (χ3v) is 3.42. The van der Waals surface area contributed by atoms with E-state index in [0.717, 1.165) is 0 Å². The number of nitrogens with one attached hydrogen (secondary N) is 1. The molecule has 116 valence electrons. The highest BCUT2D eigenvalue weighted by Crippen LogP contribution is 2.18. The molecule has 1 aromatic rings. The molecule has 5 nitrogen and oxygen atoms in total. The van der Waals surface area contributed by atoms with E-state index in [1.165, 1.54) is 0 Å². The number of esters is 1. The van der Waals surface area contributed by atoms with Crippen molar-refractivity contribution in [1.82, 2.24) is 0 Å². The van der Waals surface area contributed by atoms with Crippen LogP contribution < -0.4 is 10.1 Å². The third kappa shape index (κ3) is 7.60. The second kappa shape index (κ2) is 9.28. The van der Waals surface area contributed by atoms with E-state index in [-0.39, 0.29) is 12.5 Å². The number of ether oxygens (including phenoxy) is 2. The smallest absolute Gasteiger partial charge is 0.344 e. The summed E-state index contributed by atoms with van der Waals surface area (Å²) >= 11 is 1.58. The van der Waals surface area contributed by atoms with Crippen LogP contribution in [0.15, 0.2) is 24.3 Å². The highest BCUT2D eigenvalue weighted by atomic mass is 32.2. The van der Waals surface area contributed by atoms with Gasteiger partial charge in [0.1, 0.15) is 5.75 Å². The first-order valence-electron chi connectivity index (χ1n) is 6.81. The van der Waals surface area contributed by atoms with Crippen LogP contribution in [-0.2, 0) is 14.3 Å². The zero-order valence-electron chi connectivity index (χ0n) is 12.5. The summed E-state index contributed by atoms with van der Waals surface area (Å²) in [6, 6.07) is 6.93. The number of rotatable bonds is 8. The standard InChI is InChI=1S/C15H21NO4S/c1-4-19-15(18)9-20-13-7-5-6-12(8-13)16-14(17)10-21-11(2)3/h5-8,11H,4,9-10H2,1-3H3,(H,16,17). The van der Waals surface area contributed by atoms with Gasteiger partial charge in [-0.3, -0.25) is 4.79 Å². The first-order valence-corrected chi connectivity index (χ1v) is 7.86. The van der Waals surface area contributed by atoms with E-state index < -0.39 is 5.97 Å². The Labute approximate surface area is 129 Å². The summed E-state index contributed by atoms with van der Waals surface area (Å²) in [6.45, 7) is 6.01. The van der Waals surface area contributed by atoms with Crippen LogP contribution in [0.5, 0.6) is 5.75 Å². The van der Waals surface area contributed by atoms with Gasteiger partial charge in [-0.25, -0.2) is 4.79 Å². The number of hydrogen-bond donors (Lipinski definition) is 1. The van der Waals surface area contributed by atoms with Crippen molar-refractivity contribution in [3.8, 4) is 5.75 Å². The van der Waals surface area contributed by atoms with Gasteiger partial charge in [0.05, 0.1) is 12.4 Å². The second-order valence-corrected chi connectivity index (χ2v) is 6.09. The normalized spacial score (nSPS) is 10.3. The molecule has 1 rings (SSSR count). The van der Waals surface area contributed by atoms with E-state index in [1.807, 2.05) is 13.8 Å². The molecule has 6 heteroatoms. The van der Waals surface area contributed by atoms with Gasteiger partial charge >= 0.3 is 5.97 Å². The molecule has 1 N–H and O–H groups in total. The van der Waals surface area contributed by atoms with Gasteiger partial charge < -0.3 is 14.8 Å². The predicted molar refractivity (Wildman–Crippen MR) is 84.8 cm³/mol. The molecule has 0 unspecified atom stereocenters. The fourth-order valence-corrected chi connectivity index (χ4v) is 2.00. The highest BCUT2D eigenvalue weighted by molar-refractivity contribution is 8.00. The molecule has 21 heavy (non-hydrogen) atoms. The summed E-state index contributed by atoms with van der Waals surface area (Å²) < 4.78 is 10.1. The minimum absolute atomic E-state index is 0.0590. The Hall–Kier alpha value is -1.69. The summed E-state index contributed by atoms with van der Waals surface area (Å²) in [5, 5.41) is 3.21. The van der Waals surface area contributed by atoms with Crippen molar-refractivity contribution in [3.63, 3.8) is 0 Å². The largest absolute Gasteiger partial charge is 0.482 e. The first-order chi connectivity index (χ1) is 10.0. The Morgan fingerprint density at radius 2 is 2.10 bits per heavy atom. The lowest BCUT2D eigenvalue weighted by Crippen LogP contribution is -2.16. The molecule has 0 radical (unpaired) electrons. The van der Waals surface area contributed by atoms with E-state index >= 15 is 0 Å². The number of amides is 1. The maximum Gasteiger partial charge on any atom is 0.344 e. The molecule has 0 aliphatic heterocycles. The lowest BCUT2D eigenvalue weighted by Gasteiger charge is -2.09. The monoisotopic (exact) mass is 311 g/mol. The minimum atomic E-state index is -0.416. The Morgan fingerprint density at radius 1 is 1.33 bits per heavy atom. The fourth-order valence-electron chi connectivity index (χ4n) is 1.45. The molecule has 0 fully saturated rings. The van der Waals surface area contributed by atoms with Crippen LogP contribution in [-0.4, -0.2) is 36.1 Å². The first kappa shape index (κ1) is 17.4. The van der Waals surface area contributed by atoms with Crippen LogP contribution in [0.2, 0.25) is 0 Å². The van der Waals surface area contributed by atoms with Crippen molar-refractivity contribution in [2.24, 2.45) is 0 Å². The van der Waals surface area contributed by atoms with Gasteiger partial charge in [0.25, 0.3) is 0 Å². The summed E-state index contributed by atoms with van der Waals surface area (Å²) in [4.78, 5) is 22.9. The van der Waals surface area contributed by atoms with Gasteiger partial charge in [-0.2, -0.15) is 0 Å². The van der Waals surface area contributed by atoms with E-state index in [0.29, 0.717) is 29.0 Å². The Balaban J connectivity index is 2.48. The third-order valence-electron chi connectivity index (χ3n) is 2.33. The zero-order valence-corrected chi connectivity index (χ0v) is 13.4. The topological polar surface area (TPSA) is 64.6 Å². The average Bonchev–Trinajstić information content (AvgIpc) is 2.44. The molecule has 0 aliphatic rings. The van der Waals surface area contributed by atoms with Crippen molar-refractivity contribution in [1.29, 1.82) is 0 Å². The molecule has 0 saturated heterocycles. The van der Waals surface area contributed by atoms with Crippen molar-refractivity contribution in [2.45, 2.75) is 26.0 Å². The number of thioether (sulfide) groups is 1. The van der Waals surface area contributed by atoms with Gasteiger partial charge in [-0.15, -0.1) is 11.8 Å². The Kier molecular flexibility index (Phi) is 7.68. The summed E-state index contributed by atoms with van der Waals surface area (Å²) in [6.07, 6.45) is 0. The maximum atomic E-state index is 11.7. The Morgan fingerprint density at radius 3 is 2.76 bits per heavy atom. The van der Waals surface area contributed by atoms with Crippen molar-refractivity contribution in [2.75, 3.05) is 24.3 Å². The van der Waals surface area contributed by atoms with Crippen molar-refractivity contribution >= 4 is 29.3 Å². The number of benzene rings is 1. The van der Waals surface area contributed by atoms with Crippen LogP contribution in [0.4, 0.5) is 5.69 Å². The molecular formula is C15H21NO4S. The molecular weight excluding hydrogens is 290 g/mol. The number of carbonyl (C=O) groups excluding carboxylic acids is 2. The molecule has 0 aliphatic carbocycles. The number of anilines is 1. The zero-order chi connectivity index (χ0) is 15.7. The number of hydrogen-bond acceptors (Lipinski definition) is 5. The van der Waals surface area contributed by atoms with Crippen LogP contribution >= 0.6 is 11.8 Å². The van der Waals surface area contributed by atoms with E-state index in [4.69, 9.17) is 9.47 Å². The molecule has 0 saturated carbocycles. The molecule has 0 heterocycles. The van der Waals surface area contributed by atoms with Gasteiger partial charge in [-0.05, 0) is 24.3 Å². The van der Waals surface area contributed by atoms with Gasteiger partial charge in [0.15, 0.2) is 6.61 Å². The molecule has 0 spiro atoms. The van der Waals surface area contributed by atoms with Crippen LogP contribution in [0.25, 0.3) is 0 Å². The fraction of sp³-hybridized carbons (Fsp3) is 0.467. The van der Waals surface area contributed by atoms with Gasteiger partial charge in [0, 0.05) is 11.8 Å². The SMILES string of the molecule is CCOC(=O)COc1cccc(NC(=O)CSC(C)C)c1. The van der Waals surface area contributed by atoms with Gasteiger partial charge in [-0.1, -0.05) is 19.9 Å². The van der Waals surface area contributed by atoms with Crippen LogP contribution in [0.3, 0.4) is 0 Å². The maximum absolute atomic E-state index is 11.7. The molecule has 0 bridgehead atoms. The summed E-state index contributed by atoms with van der Waals surface area (Å²) in [5.41, 5.74) is 0.644. The second-order valence-electron chi connectivity index (χ2n) is 4.53. The van der Waals surface area contributed by atoms with Crippen molar-refractivity contribution in [3.05, 3.63) is 24.3 Å². The van der Waals surface area contributed by atoms with Crippen LogP contribution in [0, 0.1) is 0 Å². The Bertz CT molecular complexity index is 476. The summed E-state index contributed by atoms with van der Waals surface area (Å²) in [7, 11) is 0. The van der Waals surface area contributed by atoms with Crippen LogP contribution in [0.1, 0.15) is 20.8 Å². The average molecular weight is 311 g/mol. The predicted octanol–water partition coefficient (Wildman–Crippen LogP) is 2.71. The van der Waals surface area contributed by atoms with Crippen molar-refractivity contribution < 1.29 is 19.1 Å². The molecule has 0 aromatic heterocycles.